The van der Waals surface area contributed by atoms with Gasteiger partial charge in [0.15, 0.2) is 0 Å². The van der Waals surface area contributed by atoms with E-state index in [0.717, 1.165) is 0 Å². The summed E-state index contributed by atoms with van der Waals surface area (Å²) in [6.45, 7) is 11.0. The van der Waals surface area contributed by atoms with Gasteiger partial charge in [0.2, 0.25) is 0 Å². The zero-order valence-corrected chi connectivity index (χ0v) is 8.68. The smallest absolute Gasteiger partial charge is 0.0210 e. The van der Waals surface area contributed by atoms with Crippen LogP contribution in [0.4, 0.5) is 0 Å². The highest BCUT2D eigenvalue weighted by atomic mass is 15.5. The first-order chi connectivity index (χ1) is 4.95. The monoisotopic (exact) mass is 158 g/mol. The molecule has 2 nitrogen and oxygen atoms in total. The molecule has 1 atom stereocenters. The van der Waals surface area contributed by atoms with Gasteiger partial charge in [0, 0.05) is 19.1 Å². The fourth-order valence-corrected chi connectivity index (χ4v) is 0.619. The van der Waals surface area contributed by atoms with Crippen molar-refractivity contribution in [1.82, 2.24) is 10.4 Å². The highest BCUT2D eigenvalue weighted by Crippen LogP contribution is 2.01. The molecule has 0 rings (SSSR count). The topological polar surface area (TPSA) is 15.3 Å². The molecule has 11 heavy (non-hydrogen) atoms. The largest absolute Gasteiger partial charge is 0.252 e. The lowest BCUT2D eigenvalue weighted by Gasteiger charge is -2.28. The van der Waals surface area contributed by atoms with Crippen LogP contribution in [-0.4, -0.2) is 24.1 Å². The molecule has 0 aromatic heterocycles. The van der Waals surface area contributed by atoms with E-state index < -0.39 is 0 Å². The molecule has 0 spiro atoms. The predicted molar refractivity (Wildman–Crippen MR) is 50.3 cm³/mol. The van der Waals surface area contributed by atoms with Gasteiger partial charge < -0.3 is 0 Å². The molecule has 0 aromatic carbocycles. The van der Waals surface area contributed by atoms with Gasteiger partial charge in [0.1, 0.15) is 0 Å². The lowest BCUT2D eigenvalue weighted by molar-refractivity contribution is 0.143. The van der Waals surface area contributed by atoms with E-state index in [-0.39, 0.29) is 0 Å². The van der Waals surface area contributed by atoms with Crippen LogP contribution in [0.15, 0.2) is 0 Å². The van der Waals surface area contributed by atoms with Crippen molar-refractivity contribution in [2.24, 2.45) is 5.92 Å². The molecule has 0 aliphatic carbocycles. The molecule has 0 radical (unpaired) electrons. The van der Waals surface area contributed by atoms with Gasteiger partial charge in [-0.15, -0.1) is 0 Å². The highest BCUT2D eigenvalue weighted by Gasteiger charge is 2.10. The van der Waals surface area contributed by atoms with Crippen molar-refractivity contribution >= 4 is 0 Å². The zero-order valence-electron chi connectivity index (χ0n) is 8.68. The minimum absolute atomic E-state index is 0.558. The van der Waals surface area contributed by atoms with E-state index in [4.69, 9.17) is 0 Å². The number of hydrazine groups is 1. The van der Waals surface area contributed by atoms with Gasteiger partial charge in [-0.1, -0.05) is 13.8 Å². The number of nitrogens with one attached hydrogen (secondary N) is 1. The molecule has 0 amide bonds. The Morgan fingerprint density at radius 2 is 1.45 bits per heavy atom. The molecule has 0 unspecified atom stereocenters. The van der Waals surface area contributed by atoms with Crippen molar-refractivity contribution in [3.8, 4) is 0 Å². The molecule has 0 aliphatic heterocycles. The molecule has 0 aromatic rings. The quantitative estimate of drug-likeness (QED) is 0.628. The molecule has 0 bridgehead atoms. The van der Waals surface area contributed by atoms with E-state index >= 15 is 0 Å². The van der Waals surface area contributed by atoms with Crippen LogP contribution in [0, 0.1) is 5.92 Å². The summed E-state index contributed by atoms with van der Waals surface area (Å²) >= 11 is 0. The summed E-state index contributed by atoms with van der Waals surface area (Å²) in [6, 6.07) is 1.12. The van der Waals surface area contributed by atoms with Crippen molar-refractivity contribution in [2.45, 2.75) is 46.7 Å². The fourth-order valence-electron chi connectivity index (χ4n) is 0.619. The SMILES string of the molecule is CC(C)[C@@H](C)NN(C)C(C)C. The third-order valence-electron chi connectivity index (χ3n) is 2.18. The van der Waals surface area contributed by atoms with Gasteiger partial charge in [0.05, 0.1) is 0 Å². The first-order valence-electron chi connectivity index (χ1n) is 4.44. The molecule has 0 saturated heterocycles. The maximum Gasteiger partial charge on any atom is 0.0210 e. The van der Waals surface area contributed by atoms with Crippen LogP contribution in [0.1, 0.15) is 34.6 Å². The maximum absolute atomic E-state index is 3.41. The molecule has 0 fully saturated rings. The molecule has 68 valence electrons. The Morgan fingerprint density at radius 3 is 1.73 bits per heavy atom. The second-order valence-electron chi connectivity index (χ2n) is 3.87. The summed E-state index contributed by atoms with van der Waals surface area (Å²) in [5.41, 5.74) is 3.41. The zero-order chi connectivity index (χ0) is 9.02. The maximum atomic E-state index is 3.41. The Hall–Kier alpha value is -0.0800. The lowest BCUT2D eigenvalue weighted by atomic mass is 10.1. The van der Waals surface area contributed by atoms with Gasteiger partial charge in [0.25, 0.3) is 0 Å². The molecular formula is C9H22N2. The first-order valence-corrected chi connectivity index (χ1v) is 4.44. The van der Waals surface area contributed by atoms with Gasteiger partial charge in [-0.3, -0.25) is 5.43 Å². The Bertz CT molecular complexity index is 87.7. The summed E-state index contributed by atoms with van der Waals surface area (Å²) in [7, 11) is 2.09. The van der Waals surface area contributed by atoms with E-state index in [1.807, 2.05) is 0 Å². The third-order valence-corrected chi connectivity index (χ3v) is 2.18. The van der Waals surface area contributed by atoms with E-state index in [1.165, 1.54) is 0 Å². The summed E-state index contributed by atoms with van der Waals surface area (Å²) in [5, 5.41) is 2.16. The van der Waals surface area contributed by atoms with Crippen molar-refractivity contribution in [1.29, 1.82) is 0 Å². The van der Waals surface area contributed by atoms with Crippen LogP contribution >= 0.6 is 0 Å². The van der Waals surface area contributed by atoms with Crippen molar-refractivity contribution in [2.75, 3.05) is 7.05 Å². The summed E-state index contributed by atoms with van der Waals surface area (Å²) < 4.78 is 0. The van der Waals surface area contributed by atoms with Crippen molar-refractivity contribution in [3.63, 3.8) is 0 Å². The molecule has 1 N–H and O–H groups in total. The summed E-state index contributed by atoms with van der Waals surface area (Å²) in [6.07, 6.45) is 0. The lowest BCUT2D eigenvalue weighted by Crippen LogP contribution is -2.46. The average Bonchev–Trinajstić information content (AvgIpc) is 1.87. The van der Waals surface area contributed by atoms with Crippen LogP contribution in [0.3, 0.4) is 0 Å². The van der Waals surface area contributed by atoms with Gasteiger partial charge in [-0.2, -0.15) is 0 Å². The number of hydrogen-bond acceptors (Lipinski definition) is 2. The van der Waals surface area contributed by atoms with E-state index in [1.54, 1.807) is 0 Å². The fraction of sp³-hybridized carbons (Fsp3) is 1.00. The van der Waals surface area contributed by atoms with Crippen LogP contribution in [0.2, 0.25) is 0 Å². The van der Waals surface area contributed by atoms with Crippen LogP contribution in [-0.2, 0) is 0 Å². The number of rotatable bonds is 4. The van der Waals surface area contributed by atoms with Gasteiger partial charge in [-0.25, -0.2) is 5.01 Å². The molecule has 0 aliphatic rings. The highest BCUT2D eigenvalue weighted by molar-refractivity contribution is 4.63. The van der Waals surface area contributed by atoms with Crippen molar-refractivity contribution in [3.05, 3.63) is 0 Å². The summed E-state index contributed by atoms with van der Waals surface area (Å²) in [4.78, 5) is 0. The standard InChI is InChI=1S/C9H22N2/c1-7(2)9(5)10-11(6)8(3)4/h7-10H,1-6H3/t9-/m1/s1. The van der Waals surface area contributed by atoms with Crippen LogP contribution in [0.5, 0.6) is 0 Å². The van der Waals surface area contributed by atoms with E-state index in [0.29, 0.717) is 18.0 Å². The second kappa shape index (κ2) is 4.73. The van der Waals surface area contributed by atoms with Gasteiger partial charge >= 0.3 is 0 Å². The minimum atomic E-state index is 0.558. The Labute approximate surface area is 70.9 Å². The second-order valence-corrected chi connectivity index (χ2v) is 3.87. The average molecular weight is 158 g/mol. The number of hydrogen-bond donors (Lipinski definition) is 1. The van der Waals surface area contributed by atoms with E-state index in [2.05, 4.69) is 52.1 Å². The predicted octanol–water partition coefficient (Wildman–Crippen LogP) is 1.88. The van der Waals surface area contributed by atoms with Crippen LogP contribution < -0.4 is 5.43 Å². The Balaban J connectivity index is 3.66. The van der Waals surface area contributed by atoms with Gasteiger partial charge in [-0.05, 0) is 26.7 Å². The molecule has 0 saturated carbocycles. The molecule has 0 heterocycles. The number of nitrogens with zero attached hydrogens (tertiary/aromatic N) is 1. The normalized spacial score (nSPS) is 15.0. The molecular weight excluding hydrogens is 136 g/mol. The first kappa shape index (κ1) is 10.9. The Kier molecular flexibility index (Phi) is 4.69. The van der Waals surface area contributed by atoms with E-state index in [9.17, 15) is 0 Å². The Morgan fingerprint density at radius 1 is 1.00 bits per heavy atom. The third kappa shape index (κ3) is 4.38. The van der Waals surface area contributed by atoms with Crippen molar-refractivity contribution < 1.29 is 0 Å². The minimum Gasteiger partial charge on any atom is -0.252 e. The molecule has 2 heteroatoms. The van der Waals surface area contributed by atoms with Crippen LogP contribution in [0.25, 0.3) is 0 Å². The summed E-state index contributed by atoms with van der Waals surface area (Å²) in [5.74, 6) is 0.691.